The van der Waals surface area contributed by atoms with E-state index in [-0.39, 0.29) is 12.5 Å². The molecule has 3 N–H and O–H groups in total. The summed E-state index contributed by atoms with van der Waals surface area (Å²) in [4.78, 5) is 28.6. The van der Waals surface area contributed by atoms with E-state index in [1.165, 1.54) is 6.33 Å². The number of rotatable bonds is 2. The van der Waals surface area contributed by atoms with Crippen molar-refractivity contribution in [1.82, 2.24) is 24.8 Å². The lowest BCUT2D eigenvalue weighted by Crippen LogP contribution is -2.48. The van der Waals surface area contributed by atoms with Gasteiger partial charge in [-0.15, -0.1) is 0 Å². The van der Waals surface area contributed by atoms with Gasteiger partial charge in [-0.1, -0.05) is 0 Å². The molecule has 4 rings (SSSR count). The molecule has 3 aromatic rings. The average molecular weight is 425 g/mol. The molecule has 3 heterocycles. The fourth-order valence-corrected chi connectivity index (χ4v) is 4.09. The van der Waals surface area contributed by atoms with Crippen LogP contribution in [0.3, 0.4) is 0 Å². The van der Waals surface area contributed by atoms with Crippen LogP contribution in [0.2, 0.25) is 0 Å². The number of hydrogen-bond acceptors (Lipinski definition) is 7. The van der Waals surface area contributed by atoms with Gasteiger partial charge in [0.1, 0.15) is 29.6 Å². The second-order valence-corrected chi connectivity index (χ2v) is 7.89. The Morgan fingerprint density at radius 1 is 1.26 bits per heavy atom. The van der Waals surface area contributed by atoms with Crippen molar-refractivity contribution in [1.29, 1.82) is 0 Å². The summed E-state index contributed by atoms with van der Waals surface area (Å²) in [6.07, 6.45) is 5.05. The van der Waals surface area contributed by atoms with Crippen LogP contribution in [0.5, 0.6) is 5.75 Å². The number of methoxy groups -OCH3 is 1. The van der Waals surface area contributed by atoms with Gasteiger partial charge in [0.05, 0.1) is 19.1 Å². The number of carbonyl (C=O) groups excluding carboxylic acids is 1. The van der Waals surface area contributed by atoms with Crippen LogP contribution >= 0.6 is 0 Å². The van der Waals surface area contributed by atoms with Gasteiger partial charge in [-0.25, -0.2) is 9.97 Å². The highest BCUT2D eigenvalue weighted by atomic mass is 16.5. The lowest BCUT2D eigenvalue weighted by Gasteiger charge is -2.30. The van der Waals surface area contributed by atoms with Gasteiger partial charge in [0.25, 0.3) is 0 Å². The first-order valence-electron chi connectivity index (χ1n) is 10.3. The molecule has 1 aliphatic rings. The van der Waals surface area contributed by atoms with Crippen LogP contribution in [-0.4, -0.2) is 76.2 Å². The smallest absolute Gasteiger partial charge is 0.242 e. The minimum Gasteiger partial charge on any atom is -0.496 e. The predicted octanol–water partition coefficient (Wildman–Crippen LogP) is 1.91. The fourth-order valence-electron chi connectivity index (χ4n) is 4.09. The normalized spacial score (nSPS) is 18.4. The number of aromatic nitrogens is 3. The zero-order chi connectivity index (χ0) is 22.0. The van der Waals surface area contributed by atoms with Crippen LogP contribution in [0.25, 0.3) is 11.0 Å². The zero-order valence-electron chi connectivity index (χ0n) is 18.1. The van der Waals surface area contributed by atoms with Gasteiger partial charge in [0.2, 0.25) is 5.91 Å². The van der Waals surface area contributed by atoms with Gasteiger partial charge in [0.15, 0.2) is 0 Å². The second-order valence-electron chi connectivity index (χ2n) is 7.89. The molecule has 0 saturated carbocycles. The van der Waals surface area contributed by atoms with Crippen molar-refractivity contribution in [2.75, 3.05) is 39.7 Å². The number of nitrogens with one attached hydrogen (secondary N) is 2. The van der Waals surface area contributed by atoms with Gasteiger partial charge in [0, 0.05) is 37.6 Å². The number of aryl methyl sites for hydroxylation is 1. The third kappa shape index (κ3) is 4.19. The van der Waals surface area contributed by atoms with Gasteiger partial charge in [-0.3, -0.25) is 9.69 Å². The maximum Gasteiger partial charge on any atom is 0.242 e. The van der Waals surface area contributed by atoms with Crippen LogP contribution in [0.4, 0.5) is 11.5 Å². The van der Waals surface area contributed by atoms with Crippen molar-refractivity contribution in [3.8, 4) is 5.75 Å². The number of aromatic amines is 1. The van der Waals surface area contributed by atoms with E-state index in [4.69, 9.17) is 4.74 Å². The molecule has 164 valence electrons. The standard InChI is InChI=1S/C22H28N6O3/c1-27-8-4-5-14-10-23-20-19(14)21(25-13-24-20)26-16-6-7-18(31-3)15(9-16)11-28(2)17(12-29)22(27)30/h6-7,9-10,13,17,29H,4-5,8,11-12H2,1-3H3,(H2,23,24,25,26). The average Bonchev–Trinajstić information content (AvgIpc) is 3.18. The number of aliphatic hydroxyl groups excluding tert-OH is 1. The molecule has 31 heavy (non-hydrogen) atoms. The highest BCUT2D eigenvalue weighted by Gasteiger charge is 2.26. The highest BCUT2D eigenvalue weighted by molar-refractivity contribution is 5.92. The number of ether oxygens (including phenoxy) is 1. The first-order chi connectivity index (χ1) is 15.0. The highest BCUT2D eigenvalue weighted by Crippen LogP contribution is 2.30. The molecule has 1 unspecified atom stereocenters. The van der Waals surface area contributed by atoms with Crippen LogP contribution in [0.1, 0.15) is 17.5 Å². The SMILES string of the molecule is COc1ccc2cc1CN(C)C(CO)C(=O)N(C)CCCc1c[nH]c3ncnc(c13)N2. The largest absolute Gasteiger partial charge is 0.496 e. The minimum atomic E-state index is -0.626. The molecule has 9 heteroatoms. The molecule has 2 aromatic heterocycles. The maximum atomic E-state index is 13.0. The van der Waals surface area contributed by atoms with Crippen molar-refractivity contribution in [3.05, 3.63) is 41.9 Å². The summed E-state index contributed by atoms with van der Waals surface area (Å²) in [5.41, 5.74) is 3.63. The number of H-pyrrole nitrogens is 1. The maximum absolute atomic E-state index is 13.0. The number of amides is 1. The Balaban J connectivity index is 1.79. The zero-order valence-corrected chi connectivity index (χ0v) is 18.1. The Labute approximate surface area is 181 Å². The first-order valence-corrected chi connectivity index (χ1v) is 10.3. The van der Waals surface area contributed by atoms with Gasteiger partial charge in [-0.2, -0.15) is 0 Å². The van der Waals surface area contributed by atoms with Crippen LogP contribution < -0.4 is 10.1 Å². The monoisotopic (exact) mass is 424 g/mol. The molecular formula is C22H28N6O3. The molecule has 0 aliphatic carbocycles. The van der Waals surface area contributed by atoms with E-state index in [1.54, 1.807) is 19.1 Å². The molecular weight excluding hydrogens is 396 g/mol. The molecule has 1 aliphatic heterocycles. The quantitative estimate of drug-likeness (QED) is 0.577. The summed E-state index contributed by atoms with van der Waals surface area (Å²) >= 11 is 0. The Bertz CT molecular complexity index is 1080. The van der Waals surface area contributed by atoms with E-state index in [0.29, 0.717) is 13.1 Å². The first kappa shape index (κ1) is 21.1. The van der Waals surface area contributed by atoms with Crippen LogP contribution in [-0.2, 0) is 17.8 Å². The summed E-state index contributed by atoms with van der Waals surface area (Å²) in [7, 11) is 5.24. The summed E-state index contributed by atoms with van der Waals surface area (Å²) in [6, 6.07) is 5.18. The van der Waals surface area contributed by atoms with Crippen LogP contribution in [0, 0.1) is 0 Å². The topological polar surface area (TPSA) is 107 Å². The van der Waals surface area contributed by atoms with Crippen molar-refractivity contribution in [2.24, 2.45) is 0 Å². The van der Waals surface area contributed by atoms with Gasteiger partial charge >= 0.3 is 0 Å². The van der Waals surface area contributed by atoms with Crippen LogP contribution in [0.15, 0.2) is 30.7 Å². The Kier molecular flexibility index (Phi) is 6.06. The predicted molar refractivity (Wildman–Crippen MR) is 118 cm³/mol. The summed E-state index contributed by atoms with van der Waals surface area (Å²) < 4.78 is 5.54. The Hall–Kier alpha value is -3.17. The molecule has 1 aromatic carbocycles. The minimum absolute atomic E-state index is 0.101. The molecule has 0 fully saturated rings. The van der Waals surface area contributed by atoms with E-state index < -0.39 is 6.04 Å². The molecule has 1 atom stereocenters. The molecule has 1 amide bonds. The Morgan fingerprint density at radius 3 is 2.87 bits per heavy atom. The third-order valence-electron chi connectivity index (χ3n) is 5.82. The van der Waals surface area contributed by atoms with Crippen molar-refractivity contribution < 1.29 is 14.6 Å². The number of likely N-dealkylation sites (N-methyl/N-ethyl adjacent to an activating group) is 2. The number of nitrogens with zero attached hydrogens (tertiary/aromatic N) is 4. The van der Waals surface area contributed by atoms with Gasteiger partial charge < -0.3 is 25.0 Å². The Morgan fingerprint density at radius 2 is 2.10 bits per heavy atom. The number of carbonyl (C=O) groups is 1. The van der Waals surface area contributed by atoms with Gasteiger partial charge in [-0.05, 0) is 43.7 Å². The molecule has 9 nitrogen and oxygen atoms in total. The van der Waals surface area contributed by atoms with E-state index >= 15 is 0 Å². The molecule has 0 spiro atoms. The van der Waals surface area contributed by atoms with E-state index in [0.717, 1.165) is 52.3 Å². The van der Waals surface area contributed by atoms with Crippen molar-refractivity contribution in [3.63, 3.8) is 0 Å². The summed E-state index contributed by atoms with van der Waals surface area (Å²) in [5, 5.41) is 14.3. The number of hydrogen-bond donors (Lipinski definition) is 3. The molecule has 2 bridgehead atoms. The lowest BCUT2D eigenvalue weighted by molar-refractivity contribution is -0.136. The molecule has 0 radical (unpaired) electrons. The van der Waals surface area contributed by atoms with E-state index in [1.807, 2.05) is 36.3 Å². The number of benzene rings is 1. The second kappa shape index (κ2) is 8.91. The van der Waals surface area contributed by atoms with E-state index in [2.05, 4.69) is 20.3 Å². The summed E-state index contributed by atoms with van der Waals surface area (Å²) in [6.45, 7) is 0.779. The van der Waals surface area contributed by atoms with Crippen molar-refractivity contribution in [2.45, 2.75) is 25.4 Å². The fraction of sp³-hybridized carbons (Fsp3) is 0.409. The molecule has 0 saturated heterocycles. The summed E-state index contributed by atoms with van der Waals surface area (Å²) in [5.74, 6) is 1.35. The number of anilines is 2. The van der Waals surface area contributed by atoms with E-state index in [9.17, 15) is 9.90 Å². The number of aliphatic hydroxyl groups is 1. The third-order valence-corrected chi connectivity index (χ3v) is 5.82. The lowest BCUT2D eigenvalue weighted by atomic mass is 10.1. The van der Waals surface area contributed by atoms with Crippen molar-refractivity contribution >= 4 is 28.4 Å². The number of fused-ring (bicyclic) bond motifs is 2.